The summed E-state index contributed by atoms with van der Waals surface area (Å²) in [7, 11) is 1.92. The molecule has 0 saturated heterocycles. The van der Waals surface area contributed by atoms with Crippen LogP contribution in [0.5, 0.6) is 0 Å². The molecule has 0 aliphatic heterocycles. The highest BCUT2D eigenvalue weighted by molar-refractivity contribution is 5.70. The average molecular weight is 486 g/mol. The third kappa shape index (κ3) is 5.55. The molecular formula is C28H35N7O. The Morgan fingerprint density at radius 2 is 1.58 bits per heavy atom. The van der Waals surface area contributed by atoms with E-state index in [4.69, 9.17) is 0 Å². The van der Waals surface area contributed by atoms with Crippen LogP contribution in [0.25, 0.3) is 33.6 Å². The first-order chi connectivity index (χ1) is 17.5. The third-order valence-electron chi connectivity index (χ3n) is 7.04. The van der Waals surface area contributed by atoms with Gasteiger partial charge in [0.1, 0.15) is 6.23 Å². The summed E-state index contributed by atoms with van der Waals surface area (Å²) >= 11 is 0. The first-order valence-electron chi connectivity index (χ1n) is 12.8. The molecule has 0 spiro atoms. The lowest BCUT2D eigenvalue weighted by atomic mass is 9.85. The average Bonchev–Trinajstić information content (AvgIpc) is 3.57. The van der Waals surface area contributed by atoms with Gasteiger partial charge >= 0.3 is 0 Å². The Bertz CT molecular complexity index is 1270. The van der Waals surface area contributed by atoms with Crippen molar-refractivity contribution < 1.29 is 5.11 Å². The van der Waals surface area contributed by atoms with Crippen LogP contribution in [0, 0.1) is 11.8 Å². The molecule has 1 aliphatic rings. The second-order valence-electron chi connectivity index (χ2n) is 10.3. The number of hydrogen-bond donors (Lipinski definition) is 2. The van der Waals surface area contributed by atoms with E-state index >= 15 is 0 Å². The van der Waals surface area contributed by atoms with Crippen molar-refractivity contribution in [2.75, 3.05) is 6.54 Å². The zero-order chi connectivity index (χ0) is 25.1. The molecule has 4 aromatic rings. The van der Waals surface area contributed by atoms with Crippen LogP contribution in [0.1, 0.15) is 45.6 Å². The summed E-state index contributed by atoms with van der Waals surface area (Å²) in [5, 5.41) is 22.6. The molecule has 0 amide bonds. The number of rotatable bonds is 8. The van der Waals surface area contributed by atoms with Crippen molar-refractivity contribution in [3.8, 4) is 33.6 Å². The van der Waals surface area contributed by atoms with Gasteiger partial charge in [-0.2, -0.15) is 10.2 Å². The largest absolute Gasteiger partial charge is 0.378 e. The Kier molecular flexibility index (Phi) is 7.25. The summed E-state index contributed by atoms with van der Waals surface area (Å²) in [5.74, 6) is 1.54. The Hall–Kier alpha value is -3.36. The van der Waals surface area contributed by atoms with Crippen LogP contribution in [0.3, 0.4) is 0 Å². The minimum Gasteiger partial charge on any atom is -0.378 e. The van der Waals surface area contributed by atoms with Gasteiger partial charge < -0.3 is 5.11 Å². The lowest BCUT2D eigenvalue weighted by Crippen LogP contribution is -2.39. The molecule has 3 aromatic heterocycles. The smallest absolute Gasteiger partial charge is 0.159 e. The van der Waals surface area contributed by atoms with Gasteiger partial charge in [0, 0.05) is 54.1 Å². The highest BCUT2D eigenvalue weighted by atomic mass is 16.3. The van der Waals surface area contributed by atoms with E-state index in [-0.39, 0.29) is 0 Å². The van der Waals surface area contributed by atoms with Gasteiger partial charge in [0.2, 0.25) is 0 Å². The molecular weight excluding hydrogens is 450 g/mol. The van der Waals surface area contributed by atoms with Crippen LogP contribution in [0.15, 0.2) is 61.4 Å². The van der Waals surface area contributed by atoms with E-state index in [1.165, 1.54) is 0 Å². The number of aryl methyl sites for hydroxylation is 1. The Balaban J connectivity index is 1.22. The minimum absolute atomic E-state index is 0.313. The van der Waals surface area contributed by atoms with Crippen LogP contribution in [0.2, 0.25) is 0 Å². The summed E-state index contributed by atoms with van der Waals surface area (Å²) in [6.45, 7) is 5.16. The maximum absolute atomic E-state index is 10.5. The highest BCUT2D eigenvalue weighted by Crippen LogP contribution is 2.34. The lowest BCUT2D eigenvalue weighted by Gasteiger charge is -2.32. The fourth-order valence-corrected chi connectivity index (χ4v) is 4.93. The summed E-state index contributed by atoms with van der Waals surface area (Å²) in [4.78, 5) is 9.28. The molecule has 3 heterocycles. The molecule has 0 radical (unpaired) electrons. The van der Waals surface area contributed by atoms with Crippen molar-refractivity contribution in [3.63, 3.8) is 0 Å². The molecule has 8 nitrogen and oxygen atoms in total. The van der Waals surface area contributed by atoms with Crippen molar-refractivity contribution in [3.05, 3.63) is 61.4 Å². The molecule has 1 aliphatic carbocycles. The molecule has 2 N–H and O–H groups in total. The number of nitrogens with zero attached hydrogens (tertiary/aromatic N) is 6. The first kappa shape index (κ1) is 24.3. The fraction of sp³-hybridized carbons (Fsp3) is 0.429. The minimum atomic E-state index is -0.415. The first-order valence-corrected chi connectivity index (χ1v) is 12.8. The summed E-state index contributed by atoms with van der Waals surface area (Å²) in [5.41, 5.74) is 5.11. The van der Waals surface area contributed by atoms with Gasteiger partial charge in [0.25, 0.3) is 0 Å². The molecule has 1 unspecified atom stereocenters. The molecule has 0 bridgehead atoms. The number of benzene rings is 1. The van der Waals surface area contributed by atoms with Gasteiger partial charge in [-0.05, 0) is 55.7 Å². The van der Waals surface area contributed by atoms with Crippen molar-refractivity contribution in [1.29, 1.82) is 0 Å². The second-order valence-corrected chi connectivity index (χ2v) is 10.3. The van der Waals surface area contributed by atoms with Gasteiger partial charge in [-0.25, -0.2) is 9.97 Å². The van der Waals surface area contributed by atoms with Gasteiger partial charge in [0.05, 0.1) is 18.4 Å². The quantitative estimate of drug-likeness (QED) is 0.351. The van der Waals surface area contributed by atoms with Crippen LogP contribution >= 0.6 is 0 Å². The molecule has 1 saturated carbocycles. The van der Waals surface area contributed by atoms with E-state index in [2.05, 4.69) is 62.3 Å². The summed E-state index contributed by atoms with van der Waals surface area (Å²) in [6, 6.07) is 8.57. The van der Waals surface area contributed by atoms with Gasteiger partial charge in [-0.15, -0.1) is 0 Å². The fourth-order valence-electron chi connectivity index (χ4n) is 4.93. The van der Waals surface area contributed by atoms with Crippen molar-refractivity contribution >= 4 is 0 Å². The number of aromatic nitrogens is 6. The second kappa shape index (κ2) is 10.7. The highest BCUT2D eigenvalue weighted by Gasteiger charge is 2.27. The van der Waals surface area contributed by atoms with E-state index in [0.717, 1.165) is 60.0 Å². The zero-order valence-electron chi connectivity index (χ0n) is 21.2. The lowest BCUT2D eigenvalue weighted by molar-refractivity contribution is 0.0442. The predicted molar refractivity (Wildman–Crippen MR) is 141 cm³/mol. The molecule has 1 atom stereocenters. The maximum atomic E-state index is 10.5. The molecule has 188 valence electrons. The van der Waals surface area contributed by atoms with Crippen molar-refractivity contribution in [2.45, 2.75) is 51.8 Å². The van der Waals surface area contributed by atoms with E-state index in [1.807, 2.05) is 50.2 Å². The van der Waals surface area contributed by atoms with E-state index in [9.17, 15) is 5.11 Å². The number of aliphatic hydroxyl groups excluding tert-OH is 1. The van der Waals surface area contributed by atoms with Gasteiger partial charge in [-0.1, -0.05) is 32.0 Å². The standard InChI is InChI=1S/C28H35N7O/c1-19(2)12-31-28(36)20-7-9-26(10-8-20)35-18-25(16-33-35)23-13-29-27(30-14-23)22-6-4-5-21(11-22)24-15-32-34(3)17-24/h4-6,11,13-20,26,28,31,36H,7-10,12H2,1-3H3. The molecule has 1 aromatic carbocycles. The molecule has 5 rings (SSSR count). The van der Waals surface area contributed by atoms with Crippen molar-refractivity contribution in [2.24, 2.45) is 18.9 Å². The number of nitrogens with one attached hydrogen (secondary N) is 1. The van der Waals surface area contributed by atoms with Crippen LogP contribution < -0.4 is 5.32 Å². The number of aliphatic hydroxyl groups is 1. The van der Waals surface area contributed by atoms with E-state index < -0.39 is 6.23 Å². The van der Waals surface area contributed by atoms with Crippen LogP contribution in [-0.4, -0.2) is 47.4 Å². The SMILES string of the molecule is CC(C)CNC(O)C1CCC(n2cc(-c3cnc(-c4cccc(-c5cnn(C)c5)c4)nc3)cn2)CC1. The molecule has 1 fully saturated rings. The topological polar surface area (TPSA) is 93.7 Å². The number of hydrogen-bond acceptors (Lipinski definition) is 6. The Labute approximate surface area is 212 Å². The van der Waals surface area contributed by atoms with Crippen molar-refractivity contribution in [1.82, 2.24) is 34.8 Å². The van der Waals surface area contributed by atoms with Crippen LogP contribution in [-0.2, 0) is 7.05 Å². The normalized spacial score (nSPS) is 19.0. The molecule has 8 heteroatoms. The maximum Gasteiger partial charge on any atom is 0.159 e. The zero-order valence-corrected chi connectivity index (χ0v) is 21.2. The Morgan fingerprint density at radius 1 is 0.889 bits per heavy atom. The molecule has 36 heavy (non-hydrogen) atoms. The Morgan fingerprint density at radius 3 is 2.28 bits per heavy atom. The van der Waals surface area contributed by atoms with E-state index in [0.29, 0.717) is 23.7 Å². The van der Waals surface area contributed by atoms with E-state index in [1.54, 1.807) is 4.68 Å². The summed E-state index contributed by atoms with van der Waals surface area (Å²) in [6.07, 6.45) is 15.2. The van der Waals surface area contributed by atoms with Crippen LogP contribution in [0.4, 0.5) is 0 Å². The third-order valence-corrected chi connectivity index (χ3v) is 7.04. The monoisotopic (exact) mass is 485 g/mol. The predicted octanol–water partition coefficient (Wildman–Crippen LogP) is 4.70. The summed E-state index contributed by atoms with van der Waals surface area (Å²) < 4.78 is 3.87. The van der Waals surface area contributed by atoms with Gasteiger partial charge in [0.15, 0.2) is 5.82 Å². The van der Waals surface area contributed by atoms with Gasteiger partial charge in [-0.3, -0.25) is 14.7 Å².